The molecule has 2 atom stereocenters. The number of esters is 2. The number of fused-ring (bicyclic) bond motifs is 1. The first-order valence-corrected chi connectivity index (χ1v) is 16.3. The first kappa shape index (κ1) is 35.4. The van der Waals surface area contributed by atoms with Crippen molar-refractivity contribution in [1.29, 1.82) is 0 Å². The molecule has 0 fully saturated rings. The number of anilines is 2. The van der Waals surface area contributed by atoms with E-state index in [9.17, 15) is 14.2 Å². The van der Waals surface area contributed by atoms with E-state index in [0.29, 0.717) is 30.1 Å². The largest absolute Gasteiger partial charge is 0.465 e. The van der Waals surface area contributed by atoms with Crippen LogP contribution in [0.3, 0.4) is 0 Å². The standard InChI is InChI=1S/C26H48N9O6P/c1-7-9-14-40-24(36)19(3)32-42(38,33-20(4)25(37)41-15-10-8-2)18-39-16-13-35-17-29-21-22(28-11-12-34(5)6)30-26(27)31-23(21)35/h17,19-20H,7-16,18H2,1-6H3,(H2,32,33,38)(H3,27,28,30,31)/t19-,20-/m0/s1. The van der Waals surface area contributed by atoms with E-state index >= 15 is 0 Å². The molecule has 238 valence electrons. The molecule has 2 rings (SSSR count). The van der Waals surface area contributed by atoms with Crippen LogP contribution >= 0.6 is 7.44 Å². The zero-order valence-electron chi connectivity index (χ0n) is 25.7. The Morgan fingerprint density at radius 2 is 1.62 bits per heavy atom. The predicted octanol–water partition coefficient (Wildman–Crippen LogP) is 2.19. The van der Waals surface area contributed by atoms with Gasteiger partial charge in [-0.1, -0.05) is 26.7 Å². The summed E-state index contributed by atoms with van der Waals surface area (Å²) in [5, 5.41) is 8.85. The van der Waals surface area contributed by atoms with Gasteiger partial charge < -0.3 is 34.7 Å². The number of nitrogens with zero attached hydrogens (tertiary/aromatic N) is 5. The molecule has 0 aromatic carbocycles. The van der Waals surface area contributed by atoms with Gasteiger partial charge in [0, 0.05) is 19.6 Å². The summed E-state index contributed by atoms with van der Waals surface area (Å²) >= 11 is 0. The van der Waals surface area contributed by atoms with E-state index in [1.54, 1.807) is 24.7 Å². The van der Waals surface area contributed by atoms with Gasteiger partial charge >= 0.3 is 11.9 Å². The van der Waals surface area contributed by atoms with E-state index in [4.69, 9.17) is 19.9 Å². The van der Waals surface area contributed by atoms with Gasteiger partial charge in [0.2, 0.25) is 13.4 Å². The molecule has 0 aliphatic heterocycles. The first-order chi connectivity index (χ1) is 20.0. The van der Waals surface area contributed by atoms with Gasteiger partial charge in [0.05, 0.1) is 26.1 Å². The molecule has 0 bridgehead atoms. The average Bonchev–Trinajstić information content (AvgIpc) is 3.33. The number of nitrogen functional groups attached to an aromatic ring is 1. The van der Waals surface area contributed by atoms with Gasteiger partial charge in [0.15, 0.2) is 17.0 Å². The molecular formula is C26H48N9O6P. The Balaban J connectivity index is 2.07. The van der Waals surface area contributed by atoms with Crippen molar-refractivity contribution in [2.75, 3.05) is 64.4 Å². The molecule has 0 saturated carbocycles. The summed E-state index contributed by atoms with van der Waals surface area (Å²) in [4.78, 5) is 40.0. The monoisotopic (exact) mass is 613 g/mol. The van der Waals surface area contributed by atoms with Crippen LogP contribution in [0.1, 0.15) is 53.4 Å². The van der Waals surface area contributed by atoms with Crippen molar-refractivity contribution in [1.82, 2.24) is 34.6 Å². The van der Waals surface area contributed by atoms with Crippen LogP contribution in [0.2, 0.25) is 0 Å². The van der Waals surface area contributed by atoms with Gasteiger partial charge in [-0.15, -0.1) is 0 Å². The molecule has 42 heavy (non-hydrogen) atoms. The van der Waals surface area contributed by atoms with Crippen LogP contribution in [-0.2, 0) is 34.9 Å². The number of likely N-dealkylation sites (N-methyl/N-ethyl adjacent to an activating group) is 1. The third-order valence-corrected chi connectivity index (χ3v) is 8.23. The molecule has 0 unspecified atom stereocenters. The number of hydrogen-bond acceptors (Lipinski definition) is 12. The number of hydrogen-bond donors (Lipinski definition) is 4. The Morgan fingerprint density at radius 1 is 1.02 bits per heavy atom. The number of rotatable bonds is 21. The topological polar surface area (TPSA) is 188 Å². The van der Waals surface area contributed by atoms with E-state index < -0.39 is 31.5 Å². The molecule has 0 aliphatic carbocycles. The van der Waals surface area contributed by atoms with Crippen molar-refractivity contribution in [3.63, 3.8) is 0 Å². The molecule has 2 aromatic rings. The average molecular weight is 614 g/mol. The Kier molecular flexibility index (Phi) is 15.1. The molecule has 2 aromatic heterocycles. The number of unbranched alkanes of at least 4 members (excludes halogenated alkanes) is 2. The fourth-order valence-corrected chi connectivity index (χ4v) is 5.80. The van der Waals surface area contributed by atoms with Crippen LogP contribution in [0, 0.1) is 0 Å². The number of nitrogens with two attached hydrogens (primary N) is 1. The third-order valence-electron chi connectivity index (χ3n) is 6.08. The van der Waals surface area contributed by atoms with Crippen LogP contribution in [-0.4, -0.2) is 102 Å². The normalized spacial score (nSPS) is 13.3. The van der Waals surface area contributed by atoms with Crippen LogP contribution in [0.15, 0.2) is 6.33 Å². The van der Waals surface area contributed by atoms with Crippen molar-refractivity contribution < 1.29 is 28.4 Å². The molecule has 0 saturated heterocycles. The summed E-state index contributed by atoms with van der Waals surface area (Å²) < 4.78 is 32.0. The lowest BCUT2D eigenvalue weighted by atomic mass is 10.3. The van der Waals surface area contributed by atoms with Crippen molar-refractivity contribution >= 4 is 42.3 Å². The van der Waals surface area contributed by atoms with Crippen LogP contribution in [0.5, 0.6) is 0 Å². The smallest absolute Gasteiger partial charge is 0.323 e. The maximum Gasteiger partial charge on any atom is 0.323 e. The maximum absolute atomic E-state index is 13.9. The fraction of sp³-hybridized carbons (Fsp3) is 0.731. The predicted molar refractivity (Wildman–Crippen MR) is 162 cm³/mol. The van der Waals surface area contributed by atoms with Crippen LogP contribution in [0.4, 0.5) is 11.8 Å². The van der Waals surface area contributed by atoms with Gasteiger partial charge in [-0.2, -0.15) is 9.97 Å². The van der Waals surface area contributed by atoms with Gasteiger partial charge in [-0.25, -0.2) is 15.2 Å². The fourth-order valence-electron chi connectivity index (χ4n) is 3.73. The Hall–Kier alpha value is -2.84. The van der Waals surface area contributed by atoms with Gasteiger partial charge in [-0.05, 0) is 40.8 Å². The summed E-state index contributed by atoms with van der Waals surface area (Å²) in [5.74, 6) is -0.437. The first-order valence-electron chi connectivity index (χ1n) is 14.4. The van der Waals surface area contributed by atoms with Gasteiger partial charge in [0.25, 0.3) is 0 Å². The highest BCUT2D eigenvalue weighted by Gasteiger charge is 2.32. The van der Waals surface area contributed by atoms with Gasteiger partial charge in [-0.3, -0.25) is 14.2 Å². The highest BCUT2D eigenvalue weighted by atomic mass is 31.2. The van der Waals surface area contributed by atoms with Crippen LogP contribution < -0.4 is 21.2 Å². The van der Waals surface area contributed by atoms with Crippen molar-refractivity contribution in [3.05, 3.63) is 6.33 Å². The lowest BCUT2D eigenvalue weighted by Crippen LogP contribution is -2.43. The second-order valence-corrected chi connectivity index (χ2v) is 12.5. The number of imidazole rings is 1. The zero-order valence-corrected chi connectivity index (χ0v) is 26.6. The SMILES string of the molecule is CCCCOC(=O)[C@H](C)NP(=O)(COCCn1cnc2c(NCCN(C)C)nc(N)nc21)N[C@@H](C)C(=O)OCCCC. The molecule has 2 heterocycles. The molecule has 16 heteroatoms. The van der Waals surface area contributed by atoms with E-state index in [0.717, 1.165) is 32.2 Å². The number of carbonyl (C=O) groups excluding carboxylic acids is 2. The molecule has 5 N–H and O–H groups in total. The number of carbonyl (C=O) groups is 2. The van der Waals surface area contributed by atoms with Gasteiger partial charge in [0.1, 0.15) is 18.4 Å². The minimum Gasteiger partial charge on any atom is -0.465 e. The van der Waals surface area contributed by atoms with Crippen molar-refractivity contribution in [2.24, 2.45) is 0 Å². The van der Waals surface area contributed by atoms with Crippen molar-refractivity contribution in [3.8, 4) is 0 Å². The minimum absolute atomic E-state index is 0.107. The molecule has 0 radical (unpaired) electrons. The number of aromatic nitrogens is 4. The summed E-state index contributed by atoms with van der Waals surface area (Å²) in [6, 6.07) is -1.80. The quantitative estimate of drug-likeness (QED) is 0.0911. The Bertz CT molecular complexity index is 1140. The Labute approximate surface area is 248 Å². The molecule has 0 aliphatic rings. The number of nitrogens with one attached hydrogen (secondary N) is 3. The summed E-state index contributed by atoms with van der Waals surface area (Å²) in [6.45, 7) is 9.54. The molecular weight excluding hydrogens is 565 g/mol. The zero-order chi connectivity index (χ0) is 31.1. The lowest BCUT2D eigenvalue weighted by molar-refractivity contribution is -0.145. The molecule has 0 amide bonds. The van der Waals surface area contributed by atoms with E-state index in [2.05, 4.69) is 30.4 Å². The number of ether oxygens (including phenoxy) is 3. The molecule has 15 nitrogen and oxygen atoms in total. The van der Waals surface area contributed by atoms with Crippen LogP contribution in [0.25, 0.3) is 11.2 Å². The Morgan fingerprint density at radius 3 is 2.17 bits per heavy atom. The summed E-state index contributed by atoms with van der Waals surface area (Å²) in [7, 11) is 0.336. The highest BCUT2D eigenvalue weighted by molar-refractivity contribution is 7.59. The van der Waals surface area contributed by atoms with E-state index in [1.807, 2.05) is 32.8 Å². The lowest BCUT2D eigenvalue weighted by Gasteiger charge is -2.26. The summed E-state index contributed by atoms with van der Waals surface area (Å²) in [6.07, 6.45) is 4.52. The van der Waals surface area contributed by atoms with Crippen molar-refractivity contribution in [2.45, 2.75) is 72.0 Å². The highest BCUT2D eigenvalue weighted by Crippen LogP contribution is 2.37. The second-order valence-electron chi connectivity index (χ2n) is 10.3. The third kappa shape index (κ3) is 11.8. The van der Waals surface area contributed by atoms with E-state index in [-0.39, 0.29) is 32.1 Å². The summed E-state index contributed by atoms with van der Waals surface area (Å²) in [5.41, 5.74) is 7.04. The van der Waals surface area contributed by atoms with E-state index in [1.165, 1.54) is 0 Å². The molecule has 0 spiro atoms. The minimum atomic E-state index is -3.62. The maximum atomic E-state index is 13.9. The second kappa shape index (κ2) is 18.0.